The second kappa shape index (κ2) is 6.29. The van der Waals surface area contributed by atoms with Crippen LogP contribution in [0.3, 0.4) is 0 Å². The predicted octanol–water partition coefficient (Wildman–Crippen LogP) is 1.91. The molecule has 128 valence electrons. The van der Waals surface area contributed by atoms with Crippen LogP contribution in [0.15, 0.2) is 34.8 Å². The smallest absolute Gasteiger partial charge is 0.271 e. The van der Waals surface area contributed by atoms with Gasteiger partial charge in [0.15, 0.2) is 5.78 Å². The number of fused-ring (bicyclic) bond motifs is 1. The molecule has 1 N–H and O–H groups in total. The fourth-order valence-corrected chi connectivity index (χ4v) is 3.80. The number of thiophene rings is 1. The number of hydrogen-bond acceptors (Lipinski definition) is 5. The number of carbonyl (C=O) groups is 2. The highest BCUT2D eigenvalue weighted by Crippen LogP contribution is 2.15. The minimum atomic E-state index is -0.239. The van der Waals surface area contributed by atoms with Crippen LogP contribution in [-0.4, -0.2) is 44.2 Å². The number of likely N-dealkylation sites (tertiary alicyclic amines) is 1. The van der Waals surface area contributed by atoms with E-state index in [0.29, 0.717) is 21.5 Å². The summed E-state index contributed by atoms with van der Waals surface area (Å²) in [7, 11) is 0. The maximum absolute atomic E-state index is 12.5. The SMILES string of the molecule is O=C(Cn1cnc2ccsc2c1=O)c1c[nH]c(C(=O)N2CCCC2)c1. The van der Waals surface area contributed by atoms with E-state index in [4.69, 9.17) is 0 Å². The molecule has 8 heteroatoms. The number of H-pyrrole nitrogens is 1. The van der Waals surface area contributed by atoms with E-state index in [1.165, 1.54) is 28.4 Å². The molecule has 0 bridgehead atoms. The predicted molar refractivity (Wildman–Crippen MR) is 94.1 cm³/mol. The Morgan fingerprint density at radius 3 is 2.88 bits per heavy atom. The minimum absolute atomic E-state index is 0.0876. The van der Waals surface area contributed by atoms with Crippen molar-refractivity contribution >= 4 is 33.2 Å². The molecule has 0 radical (unpaired) electrons. The van der Waals surface area contributed by atoms with Crippen molar-refractivity contribution in [3.63, 3.8) is 0 Å². The molecule has 1 aliphatic heterocycles. The summed E-state index contributed by atoms with van der Waals surface area (Å²) < 4.78 is 1.84. The second-order valence-electron chi connectivity index (χ2n) is 6.04. The number of aromatic nitrogens is 3. The van der Waals surface area contributed by atoms with Crippen LogP contribution < -0.4 is 5.56 Å². The van der Waals surface area contributed by atoms with Crippen LogP contribution in [0.1, 0.15) is 33.7 Å². The first-order chi connectivity index (χ1) is 12.1. The molecule has 4 heterocycles. The molecule has 0 atom stereocenters. The quantitative estimate of drug-likeness (QED) is 0.723. The van der Waals surface area contributed by atoms with Gasteiger partial charge in [-0.05, 0) is 30.4 Å². The highest BCUT2D eigenvalue weighted by molar-refractivity contribution is 7.17. The molecular weight excluding hydrogens is 340 g/mol. The van der Waals surface area contributed by atoms with Crippen molar-refractivity contribution < 1.29 is 9.59 Å². The van der Waals surface area contributed by atoms with E-state index >= 15 is 0 Å². The number of hydrogen-bond donors (Lipinski definition) is 1. The van der Waals surface area contributed by atoms with Crippen molar-refractivity contribution in [1.82, 2.24) is 19.4 Å². The highest BCUT2D eigenvalue weighted by Gasteiger charge is 2.22. The van der Waals surface area contributed by atoms with Gasteiger partial charge in [-0.15, -0.1) is 11.3 Å². The average molecular weight is 356 g/mol. The van der Waals surface area contributed by atoms with E-state index in [-0.39, 0.29) is 23.8 Å². The summed E-state index contributed by atoms with van der Waals surface area (Å²) in [6.45, 7) is 1.40. The summed E-state index contributed by atoms with van der Waals surface area (Å²) in [6, 6.07) is 3.33. The Bertz CT molecular complexity index is 1010. The lowest BCUT2D eigenvalue weighted by atomic mass is 10.2. The van der Waals surface area contributed by atoms with Gasteiger partial charge in [-0.2, -0.15) is 0 Å². The van der Waals surface area contributed by atoms with Crippen molar-refractivity contribution in [2.45, 2.75) is 19.4 Å². The third-order valence-electron chi connectivity index (χ3n) is 4.38. The number of nitrogens with zero attached hydrogens (tertiary/aromatic N) is 3. The van der Waals surface area contributed by atoms with E-state index in [2.05, 4.69) is 9.97 Å². The van der Waals surface area contributed by atoms with Gasteiger partial charge in [0.05, 0.1) is 18.4 Å². The Labute approximate surface area is 146 Å². The van der Waals surface area contributed by atoms with E-state index in [0.717, 1.165) is 25.9 Å². The molecule has 0 spiro atoms. The van der Waals surface area contributed by atoms with Gasteiger partial charge in [0.25, 0.3) is 11.5 Å². The minimum Gasteiger partial charge on any atom is -0.356 e. The van der Waals surface area contributed by atoms with Gasteiger partial charge in [0.1, 0.15) is 10.4 Å². The lowest BCUT2D eigenvalue weighted by molar-refractivity contribution is 0.0787. The fourth-order valence-electron chi connectivity index (χ4n) is 3.01. The van der Waals surface area contributed by atoms with Crippen LogP contribution in [0.25, 0.3) is 10.2 Å². The number of rotatable bonds is 4. The van der Waals surface area contributed by atoms with Crippen LogP contribution in [0.5, 0.6) is 0 Å². The van der Waals surface area contributed by atoms with Gasteiger partial charge in [-0.3, -0.25) is 19.0 Å². The Kier molecular flexibility index (Phi) is 3.96. The van der Waals surface area contributed by atoms with E-state index < -0.39 is 0 Å². The van der Waals surface area contributed by atoms with Crippen molar-refractivity contribution in [2.75, 3.05) is 13.1 Å². The summed E-state index contributed by atoms with van der Waals surface area (Å²) in [4.78, 5) is 46.0. The Balaban J connectivity index is 1.53. The standard InChI is InChI=1S/C17H16N4O3S/c22-14(9-21-10-19-12-3-6-25-15(12)17(21)24)11-7-13(18-8-11)16(23)20-4-1-2-5-20/h3,6-8,10,18H,1-2,4-5,9H2. The number of carbonyl (C=O) groups excluding carboxylic acids is 2. The molecule has 0 unspecified atom stereocenters. The van der Waals surface area contributed by atoms with Crippen LogP contribution in [-0.2, 0) is 6.54 Å². The van der Waals surface area contributed by atoms with Gasteiger partial charge < -0.3 is 9.88 Å². The molecular formula is C17H16N4O3S. The number of Topliss-reactive ketones (excluding diaryl/α,β-unsaturated/α-hetero) is 1. The molecule has 7 nitrogen and oxygen atoms in total. The normalized spacial score (nSPS) is 14.3. The highest BCUT2D eigenvalue weighted by atomic mass is 32.1. The molecule has 1 aliphatic rings. The molecule has 3 aromatic rings. The van der Waals surface area contributed by atoms with Crippen LogP contribution in [0, 0.1) is 0 Å². The van der Waals surface area contributed by atoms with Crippen molar-refractivity contribution in [1.29, 1.82) is 0 Å². The Morgan fingerprint density at radius 1 is 1.28 bits per heavy atom. The molecule has 3 aromatic heterocycles. The molecule has 1 amide bonds. The van der Waals surface area contributed by atoms with Gasteiger partial charge in [-0.1, -0.05) is 0 Å². The van der Waals surface area contributed by atoms with Gasteiger partial charge in [-0.25, -0.2) is 4.98 Å². The van der Waals surface area contributed by atoms with E-state index in [1.54, 1.807) is 22.4 Å². The zero-order chi connectivity index (χ0) is 17.4. The molecule has 0 saturated carbocycles. The number of aromatic amines is 1. The lowest BCUT2D eigenvalue weighted by Crippen LogP contribution is -2.27. The maximum Gasteiger partial charge on any atom is 0.271 e. The monoisotopic (exact) mass is 356 g/mol. The number of nitrogens with one attached hydrogen (secondary N) is 1. The van der Waals surface area contributed by atoms with Gasteiger partial charge in [0, 0.05) is 24.8 Å². The zero-order valence-corrected chi connectivity index (χ0v) is 14.2. The van der Waals surface area contributed by atoms with Crippen molar-refractivity contribution in [2.24, 2.45) is 0 Å². The summed E-state index contributed by atoms with van der Waals surface area (Å²) >= 11 is 1.31. The third-order valence-corrected chi connectivity index (χ3v) is 5.27. The first-order valence-corrected chi connectivity index (χ1v) is 8.95. The summed E-state index contributed by atoms with van der Waals surface area (Å²) in [5, 5.41) is 1.80. The molecule has 25 heavy (non-hydrogen) atoms. The van der Waals surface area contributed by atoms with E-state index in [9.17, 15) is 14.4 Å². The summed E-state index contributed by atoms with van der Waals surface area (Å²) in [5.74, 6) is -0.327. The van der Waals surface area contributed by atoms with Crippen molar-refractivity contribution in [3.05, 3.63) is 51.6 Å². The molecule has 1 fully saturated rings. The lowest BCUT2D eigenvalue weighted by Gasteiger charge is -2.13. The molecule has 4 rings (SSSR count). The number of ketones is 1. The number of amides is 1. The summed E-state index contributed by atoms with van der Waals surface area (Å²) in [6.07, 6.45) is 4.94. The average Bonchev–Trinajstić information content (AvgIpc) is 3.37. The molecule has 0 aliphatic carbocycles. The molecule has 1 saturated heterocycles. The Hall–Kier alpha value is -2.74. The fraction of sp³-hybridized carbons (Fsp3) is 0.294. The maximum atomic E-state index is 12.5. The zero-order valence-electron chi connectivity index (χ0n) is 13.4. The van der Waals surface area contributed by atoms with Crippen LogP contribution in [0.4, 0.5) is 0 Å². The summed E-state index contributed by atoms with van der Waals surface area (Å²) in [5.41, 5.74) is 1.21. The van der Waals surface area contributed by atoms with E-state index in [1.807, 2.05) is 0 Å². The van der Waals surface area contributed by atoms with Crippen molar-refractivity contribution in [3.8, 4) is 0 Å². The van der Waals surface area contributed by atoms with Gasteiger partial charge in [0.2, 0.25) is 0 Å². The van der Waals surface area contributed by atoms with Gasteiger partial charge >= 0.3 is 0 Å². The van der Waals surface area contributed by atoms with Crippen LogP contribution >= 0.6 is 11.3 Å². The Morgan fingerprint density at radius 2 is 2.08 bits per heavy atom. The van der Waals surface area contributed by atoms with Crippen LogP contribution in [0.2, 0.25) is 0 Å². The third kappa shape index (κ3) is 2.89. The molecule has 0 aromatic carbocycles. The first kappa shape index (κ1) is 15.8. The first-order valence-electron chi connectivity index (χ1n) is 8.07. The topological polar surface area (TPSA) is 88.1 Å². The largest absolute Gasteiger partial charge is 0.356 e. The second-order valence-corrected chi connectivity index (χ2v) is 6.95.